The summed E-state index contributed by atoms with van der Waals surface area (Å²) in [5.74, 6) is -0.860. The fourth-order valence-electron chi connectivity index (χ4n) is 0.326. The molecule has 0 aliphatic rings. The minimum Gasteiger partial charge on any atom is -0.481 e. The Labute approximate surface area is 48.5 Å². The Balaban J connectivity index is 3.24. The van der Waals surface area contributed by atoms with Crippen LogP contribution in [0.15, 0.2) is 0 Å². The van der Waals surface area contributed by atoms with Crippen molar-refractivity contribution < 1.29 is 9.90 Å². The molecule has 1 radical (unpaired) electrons. The van der Waals surface area contributed by atoms with Crippen molar-refractivity contribution in [3.8, 4) is 0 Å². The first-order valence-electron chi connectivity index (χ1n) is 2.43. The number of hydrogen-bond donors (Lipinski definition) is 2. The molecule has 8 heavy (non-hydrogen) atoms. The van der Waals surface area contributed by atoms with E-state index < -0.39 is 5.97 Å². The van der Waals surface area contributed by atoms with Crippen molar-refractivity contribution in [3.05, 3.63) is 6.92 Å². The van der Waals surface area contributed by atoms with Gasteiger partial charge in [-0.25, -0.2) is 0 Å². The molecule has 0 saturated heterocycles. The summed E-state index contributed by atoms with van der Waals surface area (Å²) in [5.41, 5.74) is 5.23. The predicted molar refractivity (Wildman–Crippen MR) is 30.2 cm³/mol. The molecule has 0 aliphatic carbocycles. The summed E-state index contributed by atoms with van der Waals surface area (Å²) < 4.78 is 0. The van der Waals surface area contributed by atoms with Crippen molar-refractivity contribution in [1.82, 2.24) is 0 Å². The molecule has 0 aromatic carbocycles. The highest BCUT2D eigenvalue weighted by atomic mass is 16.4. The standard InChI is InChI=1S/C5H10NO2/c1-2-4(6)3-5(7)8/h4H,1-3,6H2,(H,7,8). The van der Waals surface area contributed by atoms with Gasteiger partial charge < -0.3 is 10.8 Å². The topological polar surface area (TPSA) is 63.3 Å². The highest BCUT2D eigenvalue weighted by Crippen LogP contribution is 1.90. The summed E-state index contributed by atoms with van der Waals surface area (Å²) in [4.78, 5) is 9.86. The number of hydrogen-bond acceptors (Lipinski definition) is 2. The molecule has 0 rings (SSSR count). The van der Waals surface area contributed by atoms with E-state index in [-0.39, 0.29) is 12.5 Å². The molecule has 0 saturated carbocycles. The number of carboxylic acids is 1. The zero-order valence-corrected chi connectivity index (χ0v) is 4.63. The second-order valence-corrected chi connectivity index (χ2v) is 1.65. The van der Waals surface area contributed by atoms with Crippen molar-refractivity contribution in [2.45, 2.75) is 18.9 Å². The summed E-state index contributed by atoms with van der Waals surface area (Å²) in [6, 6.07) is -0.285. The lowest BCUT2D eigenvalue weighted by Gasteiger charge is -2.01. The van der Waals surface area contributed by atoms with Gasteiger partial charge in [0.1, 0.15) is 0 Å². The molecule has 3 nitrogen and oxygen atoms in total. The Hall–Kier alpha value is -0.570. The Morgan fingerprint density at radius 3 is 2.50 bits per heavy atom. The molecule has 1 unspecified atom stereocenters. The van der Waals surface area contributed by atoms with Crippen molar-refractivity contribution >= 4 is 5.97 Å². The molecular weight excluding hydrogens is 106 g/mol. The molecule has 0 amide bonds. The smallest absolute Gasteiger partial charge is 0.304 e. The molecule has 0 bridgehead atoms. The summed E-state index contributed by atoms with van der Waals surface area (Å²) in [6.07, 6.45) is 0.496. The summed E-state index contributed by atoms with van der Waals surface area (Å²) in [5, 5.41) is 8.11. The van der Waals surface area contributed by atoms with E-state index >= 15 is 0 Å². The van der Waals surface area contributed by atoms with Crippen LogP contribution < -0.4 is 5.73 Å². The molecule has 3 N–H and O–H groups in total. The first-order chi connectivity index (χ1) is 3.66. The highest BCUT2D eigenvalue weighted by molar-refractivity contribution is 5.67. The van der Waals surface area contributed by atoms with E-state index in [9.17, 15) is 4.79 Å². The van der Waals surface area contributed by atoms with Crippen molar-refractivity contribution in [2.24, 2.45) is 5.73 Å². The molecule has 0 aromatic rings. The van der Waals surface area contributed by atoms with E-state index in [4.69, 9.17) is 10.8 Å². The molecule has 0 aliphatic heterocycles. The second kappa shape index (κ2) is 3.43. The number of carboxylic acid groups (broad SMARTS) is 1. The van der Waals surface area contributed by atoms with Crippen LogP contribution in [0.4, 0.5) is 0 Å². The van der Waals surface area contributed by atoms with E-state index in [0.29, 0.717) is 6.42 Å². The Bertz CT molecular complexity index is 82.5. The van der Waals surface area contributed by atoms with E-state index in [1.165, 1.54) is 0 Å². The maximum absolute atomic E-state index is 9.86. The minimum absolute atomic E-state index is 0.0174. The third kappa shape index (κ3) is 3.61. The fraction of sp³-hybridized carbons (Fsp3) is 0.600. The number of nitrogens with two attached hydrogens (primary N) is 1. The van der Waals surface area contributed by atoms with Crippen LogP contribution in [0.3, 0.4) is 0 Å². The maximum atomic E-state index is 9.86. The van der Waals surface area contributed by atoms with Crippen LogP contribution >= 0.6 is 0 Å². The highest BCUT2D eigenvalue weighted by Gasteiger charge is 2.03. The molecule has 0 fully saturated rings. The quantitative estimate of drug-likeness (QED) is 0.546. The van der Waals surface area contributed by atoms with Crippen LogP contribution in [0.1, 0.15) is 12.8 Å². The lowest BCUT2D eigenvalue weighted by Crippen LogP contribution is -2.22. The third-order valence-electron chi connectivity index (χ3n) is 0.808. The van der Waals surface area contributed by atoms with Crippen molar-refractivity contribution in [1.29, 1.82) is 0 Å². The lowest BCUT2D eigenvalue weighted by molar-refractivity contribution is -0.137. The van der Waals surface area contributed by atoms with Gasteiger partial charge in [0.2, 0.25) is 0 Å². The Morgan fingerprint density at radius 1 is 1.88 bits per heavy atom. The first-order valence-corrected chi connectivity index (χ1v) is 2.43. The van der Waals surface area contributed by atoms with Crippen LogP contribution in [0.25, 0.3) is 0 Å². The molecule has 47 valence electrons. The summed E-state index contributed by atoms with van der Waals surface area (Å²) in [7, 11) is 0. The summed E-state index contributed by atoms with van der Waals surface area (Å²) in [6.45, 7) is 3.45. The number of carbonyl (C=O) groups is 1. The van der Waals surface area contributed by atoms with Crippen LogP contribution in [-0.2, 0) is 4.79 Å². The van der Waals surface area contributed by atoms with Gasteiger partial charge in [0.25, 0.3) is 0 Å². The van der Waals surface area contributed by atoms with Gasteiger partial charge in [-0.15, -0.1) is 0 Å². The first kappa shape index (κ1) is 7.43. The Morgan fingerprint density at radius 2 is 2.38 bits per heavy atom. The number of aliphatic carboxylic acids is 1. The SMILES string of the molecule is [CH2]CC(N)CC(=O)O. The predicted octanol–water partition coefficient (Wildman–Crippen LogP) is 0.0126. The zero-order valence-electron chi connectivity index (χ0n) is 4.63. The number of rotatable bonds is 3. The van der Waals surface area contributed by atoms with Crippen LogP contribution in [0.2, 0.25) is 0 Å². The van der Waals surface area contributed by atoms with E-state index in [1.54, 1.807) is 0 Å². The Kier molecular flexibility index (Phi) is 3.19. The average molecular weight is 116 g/mol. The van der Waals surface area contributed by atoms with Gasteiger partial charge in [-0.3, -0.25) is 4.79 Å². The van der Waals surface area contributed by atoms with Gasteiger partial charge in [-0.2, -0.15) is 0 Å². The van der Waals surface area contributed by atoms with Gasteiger partial charge >= 0.3 is 5.97 Å². The normalized spacial score (nSPS) is 13.2. The molecule has 0 aromatic heterocycles. The zero-order chi connectivity index (χ0) is 6.57. The molecule has 3 heteroatoms. The van der Waals surface area contributed by atoms with Gasteiger partial charge in [0.15, 0.2) is 0 Å². The molecular formula is C5H10NO2. The fourth-order valence-corrected chi connectivity index (χ4v) is 0.326. The van der Waals surface area contributed by atoms with Gasteiger partial charge in [0, 0.05) is 6.04 Å². The minimum atomic E-state index is -0.860. The van der Waals surface area contributed by atoms with Gasteiger partial charge in [0.05, 0.1) is 6.42 Å². The van der Waals surface area contributed by atoms with Crippen LogP contribution in [0, 0.1) is 6.92 Å². The van der Waals surface area contributed by atoms with E-state index in [0.717, 1.165) is 0 Å². The van der Waals surface area contributed by atoms with E-state index in [2.05, 4.69) is 6.92 Å². The monoisotopic (exact) mass is 116 g/mol. The lowest BCUT2D eigenvalue weighted by atomic mass is 10.2. The molecule has 1 atom stereocenters. The molecule has 0 heterocycles. The van der Waals surface area contributed by atoms with Gasteiger partial charge in [-0.1, -0.05) is 6.92 Å². The largest absolute Gasteiger partial charge is 0.481 e. The van der Waals surface area contributed by atoms with E-state index in [1.807, 2.05) is 0 Å². The third-order valence-corrected chi connectivity index (χ3v) is 0.808. The van der Waals surface area contributed by atoms with Crippen molar-refractivity contribution in [3.63, 3.8) is 0 Å². The van der Waals surface area contributed by atoms with Gasteiger partial charge in [-0.05, 0) is 6.42 Å². The average Bonchev–Trinajstić information content (AvgIpc) is 1.65. The second-order valence-electron chi connectivity index (χ2n) is 1.65. The van der Waals surface area contributed by atoms with Crippen LogP contribution in [0.5, 0.6) is 0 Å². The maximum Gasteiger partial charge on any atom is 0.304 e. The van der Waals surface area contributed by atoms with Crippen molar-refractivity contribution in [2.75, 3.05) is 0 Å². The molecule has 0 spiro atoms. The summed E-state index contributed by atoms with van der Waals surface area (Å²) >= 11 is 0. The van der Waals surface area contributed by atoms with Crippen LogP contribution in [-0.4, -0.2) is 17.1 Å².